The van der Waals surface area contributed by atoms with Gasteiger partial charge in [0.2, 0.25) is 0 Å². The van der Waals surface area contributed by atoms with Gasteiger partial charge in [-0.2, -0.15) is 0 Å². The number of benzene rings is 1. The molecule has 0 bridgehead atoms. The van der Waals surface area contributed by atoms with Gasteiger partial charge in [0.15, 0.2) is 0 Å². The number of carboxylic acid groups (broad SMARTS) is 1. The lowest BCUT2D eigenvalue weighted by molar-refractivity contribution is -0.385. The molecule has 0 heterocycles. The van der Waals surface area contributed by atoms with E-state index in [2.05, 4.69) is 0 Å². The zero-order valence-electron chi connectivity index (χ0n) is 9.84. The van der Waals surface area contributed by atoms with Crippen LogP contribution in [-0.4, -0.2) is 16.0 Å². The van der Waals surface area contributed by atoms with Crippen molar-refractivity contribution in [2.75, 3.05) is 0 Å². The summed E-state index contributed by atoms with van der Waals surface area (Å²) in [5, 5.41) is 19.6. The molecule has 0 aromatic heterocycles. The molecule has 0 saturated heterocycles. The van der Waals surface area contributed by atoms with Crippen molar-refractivity contribution >= 4 is 11.7 Å². The standard InChI is InChI=1S/C12H15NO4/c1-8-4-3-5-11(13(16)17)10(8)7-6-9(2)12(14)15/h3-5,9H,6-7H2,1-2H3,(H,14,15). The van der Waals surface area contributed by atoms with Gasteiger partial charge in [0, 0.05) is 11.6 Å². The zero-order chi connectivity index (χ0) is 13.0. The molecule has 1 aromatic carbocycles. The number of hydrogen-bond acceptors (Lipinski definition) is 3. The number of hydrogen-bond donors (Lipinski definition) is 1. The summed E-state index contributed by atoms with van der Waals surface area (Å²) in [6, 6.07) is 4.89. The molecule has 5 nitrogen and oxygen atoms in total. The minimum atomic E-state index is -0.874. The highest BCUT2D eigenvalue weighted by atomic mass is 16.6. The van der Waals surface area contributed by atoms with Crippen molar-refractivity contribution in [3.8, 4) is 0 Å². The Morgan fingerprint density at radius 3 is 2.71 bits per heavy atom. The normalized spacial score (nSPS) is 12.1. The van der Waals surface area contributed by atoms with Crippen molar-refractivity contribution in [3.63, 3.8) is 0 Å². The van der Waals surface area contributed by atoms with Gasteiger partial charge in [0.05, 0.1) is 10.8 Å². The maximum atomic E-state index is 10.8. The lowest BCUT2D eigenvalue weighted by atomic mass is 9.97. The maximum Gasteiger partial charge on any atom is 0.306 e. The first-order chi connectivity index (χ1) is 7.93. The molecule has 0 aliphatic rings. The van der Waals surface area contributed by atoms with Crippen LogP contribution in [0.25, 0.3) is 0 Å². The third kappa shape index (κ3) is 3.27. The molecule has 0 fully saturated rings. The van der Waals surface area contributed by atoms with E-state index in [9.17, 15) is 14.9 Å². The van der Waals surface area contributed by atoms with Gasteiger partial charge in [-0.15, -0.1) is 0 Å². The third-order valence-corrected chi connectivity index (χ3v) is 2.83. The number of rotatable bonds is 5. The molecular formula is C12H15NO4. The van der Waals surface area contributed by atoms with E-state index in [1.165, 1.54) is 6.07 Å². The Labute approximate surface area is 99.2 Å². The van der Waals surface area contributed by atoms with E-state index in [1.54, 1.807) is 26.0 Å². The van der Waals surface area contributed by atoms with Crippen molar-refractivity contribution in [2.45, 2.75) is 26.7 Å². The van der Waals surface area contributed by atoms with Crippen LogP contribution in [0.5, 0.6) is 0 Å². The SMILES string of the molecule is Cc1cccc([N+](=O)[O-])c1CCC(C)C(=O)O. The van der Waals surface area contributed by atoms with Gasteiger partial charge in [-0.25, -0.2) is 0 Å². The first-order valence-electron chi connectivity index (χ1n) is 5.39. The Balaban J connectivity index is 2.90. The Bertz CT molecular complexity index is 442. The highest BCUT2D eigenvalue weighted by Crippen LogP contribution is 2.24. The minimum Gasteiger partial charge on any atom is -0.481 e. The molecular weight excluding hydrogens is 222 g/mol. The van der Waals surface area contributed by atoms with Crippen LogP contribution < -0.4 is 0 Å². The Morgan fingerprint density at radius 1 is 1.53 bits per heavy atom. The summed E-state index contributed by atoms with van der Waals surface area (Å²) in [5.74, 6) is -1.37. The van der Waals surface area contributed by atoms with Crippen molar-refractivity contribution in [2.24, 2.45) is 5.92 Å². The van der Waals surface area contributed by atoms with E-state index in [0.717, 1.165) is 5.56 Å². The van der Waals surface area contributed by atoms with E-state index in [4.69, 9.17) is 5.11 Å². The molecule has 17 heavy (non-hydrogen) atoms. The molecule has 1 unspecified atom stereocenters. The van der Waals surface area contributed by atoms with Gasteiger partial charge in [-0.1, -0.05) is 19.1 Å². The molecule has 1 aromatic rings. The van der Waals surface area contributed by atoms with Gasteiger partial charge < -0.3 is 5.11 Å². The molecule has 1 rings (SSSR count). The average Bonchev–Trinajstić information content (AvgIpc) is 2.26. The largest absolute Gasteiger partial charge is 0.481 e. The third-order valence-electron chi connectivity index (χ3n) is 2.83. The monoisotopic (exact) mass is 237 g/mol. The second kappa shape index (κ2) is 5.43. The Kier molecular flexibility index (Phi) is 4.20. The minimum absolute atomic E-state index is 0.0718. The smallest absolute Gasteiger partial charge is 0.306 e. The fraction of sp³-hybridized carbons (Fsp3) is 0.417. The summed E-state index contributed by atoms with van der Waals surface area (Å²) < 4.78 is 0. The number of aliphatic carboxylic acids is 1. The van der Waals surface area contributed by atoms with Gasteiger partial charge in [-0.05, 0) is 25.3 Å². The number of nitrogens with zero attached hydrogens (tertiary/aromatic N) is 1. The quantitative estimate of drug-likeness (QED) is 0.630. The number of nitro groups is 1. The van der Waals surface area contributed by atoms with E-state index in [-0.39, 0.29) is 5.69 Å². The first kappa shape index (κ1) is 13.2. The Morgan fingerprint density at radius 2 is 2.18 bits per heavy atom. The van der Waals surface area contributed by atoms with Crippen LogP contribution in [0.15, 0.2) is 18.2 Å². The highest BCUT2D eigenvalue weighted by Gasteiger charge is 2.18. The van der Waals surface area contributed by atoms with Gasteiger partial charge in [-0.3, -0.25) is 14.9 Å². The molecule has 5 heteroatoms. The fourth-order valence-electron chi connectivity index (χ4n) is 1.67. The number of aryl methyl sites for hydroxylation is 1. The average molecular weight is 237 g/mol. The summed E-state index contributed by atoms with van der Waals surface area (Å²) >= 11 is 0. The lowest BCUT2D eigenvalue weighted by Crippen LogP contribution is -2.11. The molecule has 1 N–H and O–H groups in total. The van der Waals surface area contributed by atoms with Crippen LogP contribution in [0.2, 0.25) is 0 Å². The molecule has 0 spiro atoms. The summed E-state index contributed by atoms with van der Waals surface area (Å²) in [6.45, 7) is 3.40. The van der Waals surface area contributed by atoms with Crippen LogP contribution in [0, 0.1) is 23.0 Å². The fourth-order valence-corrected chi connectivity index (χ4v) is 1.67. The second-order valence-electron chi connectivity index (χ2n) is 4.11. The van der Waals surface area contributed by atoms with Crippen LogP contribution in [0.4, 0.5) is 5.69 Å². The Hall–Kier alpha value is -1.91. The topological polar surface area (TPSA) is 80.4 Å². The molecule has 0 amide bonds. The van der Waals surface area contributed by atoms with Crippen LogP contribution >= 0.6 is 0 Å². The van der Waals surface area contributed by atoms with Crippen LogP contribution in [-0.2, 0) is 11.2 Å². The summed E-state index contributed by atoms with van der Waals surface area (Å²) in [6.07, 6.45) is 0.817. The molecule has 92 valence electrons. The first-order valence-corrected chi connectivity index (χ1v) is 5.39. The predicted octanol–water partition coefficient (Wildman–Crippen LogP) is 2.56. The zero-order valence-corrected chi connectivity index (χ0v) is 9.84. The maximum absolute atomic E-state index is 10.8. The van der Waals surface area contributed by atoms with E-state index >= 15 is 0 Å². The van der Waals surface area contributed by atoms with E-state index in [0.29, 0.717) is 18.4 Å². The number of carboxylic acids is 1. The summed E-state index contributed by atoms with van der Waals surface area (Å²) in [7, 11) is 0. The second-order valence-corrected chi connectivity index (χ2v) is 4.11. The molecule has 0 aliphatic heterocycles. The van der Waals surface area contributed by atoms with Crippen LogP contribution in [0.3, 0.4) is 0 Å². The van der Waals surface area contributed by atoms with E-state index < -0.39 is 16.8 Å². The highest BCUT2D eigenvalue weighted by molar-refractivity contribution is 5.69. The molecule has 1 atom stereocenters. The van der Waals surface area contributed by atoms with E-state index in [1.807, 2.05) is 0 Å². The summed E-state index contributed by atoms with van der Waals surface area (Å²) in [5.41, 5.74) is 1.53. The lowest BCUT2D eigenvalue weighted by Gasteiger charge is -2.08. The number of nitro benzene ring substituents is 1. The van der Waals surface area contributed by atoms with Gasteiger partial charge >= 0.3 is 5.97 Å². The predicted molar refractivity (Wildman–Crippen MR) is 63.0 cm³/mol. The molecule has 0 saturated carbocycles. The summed E-state index contributed by atoms with van der Waals surface area (Å²) in [4.78, 5) is 21.1. The van der Waals surface area contributed by atoms with Crippen molar-refractivity contribution < 1.29 is 14.8 Å². The van der Waals surface area contributed by atoms with Gasteiger partial charge in [0.1, 0.15) is 0 Å². The molecule has 0 aliphatic carbocycles. The molecule has 0 radical (unpaired) electrons. The van der Waals surface area contributed by atoms with Crippen molar-refractivity contribution in [3.05, 3.63) is 39.4 Å². The van der Waals surface area contributed by atoms with Gasteiger partial charge in [0.25, 0.3) is 5.69 Å². The van der Waals surface area contributed by atoms with Crippen molar-refractivity contribution in [1.29, 1.82) is 0 Å². The van der Waals surface area contributed by atoms with Crippen molar-refractivity contribution in [1.82, 2.24) is 0 Å². The van der Waals surface area contributed by atoms with Crippen LogP contribution in [0.1, 0.15) is 24.5 Å². The number of carbonyl (C=O) groups is 1.